The van der Waals surface area contributed by atoms with Crippen LogP contribution >= 0.6 is 11.6 Å². The van der Waals surface area contributed by atoms with Crippen molar-refractivity contribution in [3.8, 4) is 0 Å². The van der Waals surface area contributed by atoms with Crippen molar-refractivity contribution in [2.75, 3.05) is 7.11 Å². The molecule has 2 aromatic rings. The predicted octanol–water partition coefficient (Wildman–Crippen LogP) is 3.25. The van der Waals surface area contributed by atoms with Gasteiger partial charge in [0, 0.05) is 10.6 Å². The molecule has 25 heavy (non-hydrogen) atoms. The number of ether oxygens (including phenoxy) is 1. The highest BCUT2D eigenvalue weighted by Gasteiger charge is 2.24. The molecule has 1 amide bonds. The van der Waals surface area contributed by atoms with Gasteiger partial charge in [-0.05, 0) is 18.6 Å². The van der Waals surface area contributed by atoms with Crippen LogP contribution in [0.5, 0.6) is 0 Å². The van der Waals surface area contributed by atoms with Gasteiger partial charge in [0.05, 0.1) is 19.6 Å². The van der Waals surface area contributed by atoms with Gasteiger partial charge >= 0.3 is 5.97 Å². The zero-order valence-electron chi connectivity index (χ0n) is 13.9. The summed E-state index contributed by atoms with van der Waals surface area (Å²) in [6, 6.07) is 12.7. The van der Waals surface area contributed by atoms with Crippen molar-refractivity contribution in [2.45, 2.75) is 19.4 Å². The Morgan fingerprint density at radius 2 is 1.72 bits per heavy atom. The first-order chi connectivity index (χ1) is 11.9. The van der Waals surface area contributed by atoms with E-state index >= 15 is 0 Å². The first kappa shape index (κ1) is 18.7. The number of esters is 1. The van der Waals surface area contributed by atoms with E-state index in [0.717, 1.165) is 5.56 Å². The highest BCUT2D eigenvalue weighted by Crippen LogP contribution is 2.25. The molecule has 0 fully saturated rings. The number of amides is 1. The third kappa shape index (κ3) is 4.90. The summed E-state index contributed by atoms with van der Waals surface area (Å²) in [4.78, 5) is 36.3. The second kappa shape index (κ2) is 8.44. The standard InChI is InChI=1S/C19H18ClNO4/c1-12-7-9-13(10-8-12)18(23)19(24)21-16(11-17(22)25-2)14-5-3-4-6-15(14)20/h3-10,16H,11H2,1-2H3,(H,21,24). The third-order valence-corrected chi connectivity index (χ3v) is 4.05. The van der Waals surface area contributed by atoms with Crippen LogP contribution < -0.4 is 5.32 Å². The molecular formula is C19H18ClNO4. The summed E-state index contributed by atoms with van der Waals surface area (Å²) in [5.41, 5.74) is 1.80. The Bertz CT molecular complexity index is 786. The van der Waals surface area contributed by atoms with Gasteiger partial charge in [0.1, 0.15) is 0 Å². The molecule has 1 unspecified atom stereocenters. The number of halogens is 1. The van der Waals surface area contributed by atoms with Crippen molar-refractivity contribution in [2.24, 2.45) is 0 Å². The van der Waals surface area contributed by atoms with Gasteiger partial charge in [-0.15, -0.1) is 0 Å². The number of hydrogen-bond acceptors (Lipinski definition) is 4. The minimum Gasteiger partial charge on any atom is -0.469 e. The smallest absolute Gasteiger partial charge is 0.307 e. The molecule has 0 saturated carbocycles. The van der Waals surface area contributed by atoms with Gasteiger partial charge in [-0.1, -0.05) is 59.6 Å². The van der Waals surface area contributed by atoms with E-state index in [0.29, 0.717) is 10.6 Å². The number of methoxy groups -OCH3 is 1. The topological polar surface area (TPSA) is 72.5 Å². The number of aryl methyl sites for hydroxylation is 1. The van der Waals surface area contributed by atoms with E-state index in [4.69, 9.17) is 11.6 Å². The lowest BCUT2D eigenvalue weighted by molar-refractivity contribution is -0.141. The monoisotopic (exact) mass is 359 g/mol. The molecule has 0 aliphatic heterocycles. The number of carbonyl (C=O) groups excluding carboxylic acids is 3. The van der Waals surface area contributed by atoms with E-state index in [1.165, 1.54) is 7.11 Å². The molecule has 6 heteroatoms. The Hall–Kier alpha value is -2.66. The van der Waals surface area contributed by atoms with Crippen LogP contribution in [-0.2, 0) is 14.3 Å². The average molecular weight is 360 g/mol. The molecule has 0 bridgehead atoms. The molecule has 1 N–H and O–H groups in total. The molecule has 5 nitrogen and oxygen atoms in total. The van der Waals surface area contributed by atoms with Gasteiger partial charge in [-0.3, -0.25) is 14.4 Å². The first-order valence-corrected chi connectivity index (χ1v) is 8.03. The van der Waals surface area contributed by atoms with Crippen molar-refractivity contribution in [3.63, 3.8) is 0 Å². The highest BCUT2D eigenvalue weighted by atomic mass is 35.5. The molecule has 2 aromatic carbocycles. The van der Waals surface area contributed by atoms with Crippen LogP contribution in [0.2, 0.25) is 5.02 Å². The Balaban J connectivity index is 2.22. The molecule has 0 heterocycles. The van der Waals surface area contributed by atoms with E-state index in [-0.39, 0.29) is 12.0 Å². The number of nitrogens with one attached hydrogen (secondary N) is 1. The van der Waals surface area contributed by atoms with Crippen molar-refractivity contribution >= 4 is 29.3 Å². The number of rotatable bonds is 6. The van der Waals surface area contributed by atoms with Crippen molar-refractivity contribution in [1.82, 2.24) is 5.32 Å². The predicted molar refractivity (Wildman–Crippen MR) is 94.5 cm³/mol. The second-order valence-corrected chi connectivity index (χ2v) is 5.93. The minimum absolute atomic E-state index is 0.132. The summed E-state index contributed by atoms with van der Waals surface area (Å²) >= 11 is 6.15. The lowest BCUT2D eigenvalue weighted by Gasteiger charge is -2.19. The molecule has 0 radical (unpaired) electrons. The maximum atomic E-state index is 12.3. The normalized spacial score (nSPS) is 11.5. The molecule has 0 aromatic heterocycles. The van der Waals surface area contributed by atoms with Gasteiger partial charge in [0.15, 0.2) is 0 Å². The van der Waals surface area contributed by atoms with Crippen LogP contribution in [0.25, 0.3) is 0 Å². The fourth-order valence-electron chi connectivity index (χ4n) is 2.31. The van der Waals surface area contributed by atoms with Gasteiger partial charge in [-0.25, -0.2) is 0 Å². The Labute approximate surface area is 150 Å². The summed E-state index contributed by atoms with van der Waals surface area (Å²) in [6.45, 7) is 1.89. The summed E-state index contributed by atoms with van der Waals surface area (Å²) in [5.74, 6) is -2.01. The fourth-order valence-corrected chi connectivity index (χ4v) is 2.57. The van der Waals surface area contributed by atoms with Crippen molar-refractivity contribution < 1.29 is 19.1 Å². The third-order valence-electron chi connectivity index (χ3n) is 3.70. The number of carbonyl (C=O) groups is 3. The van der Waals surface area contributed by atoms with E-state index < -0.39 is 23.7 Å². The fraction of sp³-hybridized carbons (Fsp3) is 0.211. The minimum atomic E-state index is -0.808. The SMILES string of the molecule is COC(=O)CC(NC(=O)C(=O)c1ccc(C)cc1)c1ccccc1Cl. The van der Waals surface area contributed by atoms with E-state index in [1.54, 1.807) is 48.5 Å². The summed E-state index contributed by atoms with van der Waals surface area (Å²) < 4.78 is 4.66. The van der Waals surface area contributed by atoms with Crippen molar-refractivity contribution in [1.29, 1.82) is 0 Å². The quantitative estimate of drug-likeness (QED) is 0.488. The zero-order chi connectivity index (χ0) is 18.4. The zero-order valence-corrected chi connectivity index (χ0v) is 14.7. The molecule has 2 rings (SSSR count). The Morgan fingerprint density at radius 1 is 1.08 bits per heavy atom. The van der Waals surface area contributed by atoms with Crippen LogP contribution in [0.4, 0.5) is 0 Å². The Morgan fingerprint density at radius 3 is 2.32 bits per heavy atom. The van der Waals surface area contributed by atoms with E-state index in [2.05, 4.69) is 10.1 Å². The molecule has 130 valence electrons. The Kier molecular flexibility index (Phi) is 6.31. The molecule has 0 spiro atoms. The summed E-state index contributed by atoms with van der Waals surface area (Å²) in [6.07, 6.45) is -0.132. The number of hydrogen-bond donors (Lipinski definition) is 1. The molecule has 0 saturated heterocycles. The number of ketones is 1. The van der Waals surface area contributed by atoms with Crippen LogP contribution in [0.15, 0.2) is 48.5 Å². The largest absolute Gasteiger partial charge is 0.469 e. The maximum absolute atomic E-state index is 12.3. The van der Waals surface area contributed by atoms with Gasteiger partial charge in [-0.2, -0.15) is 0 Å². The molecule has 1 atom stereocenters. The van der Waals surface area contributed by atoms with Crippen LogP contribution in [0.3, 0.4) is 0 Å². The summed E-state index contributed by atoms with van der Waals surface area (Å²) in [5, 5.41) is 2.97. The van der Waals surface area contributed by atoms with E-state index in [1.807, 2.05) is 6.92 Å². The number of Topliss-reactive ketones (excluding diaryl/α,β-unsaturated/α-hetero) is 1. The van der Waals surface area contributed by atoms with Crippen LogP contribution in [0.1, 0.15) is 33.9 Å². The average Bonchev–Trinajstić information content (AvgIpc) is 2.61. The number of benzene rings is 2. The lowest BCUT2D eigenvalue weighted by atomic mass is 10.0. The highest BCUT2D eigenvalue weighted by molar-refractivity contribution is 6.43. The van der Waals surface area contributed by atoms with Crippen LogP contribution in [-0.4, -0.2) is 24.8 Å². The van der Waals surface area contributed by atoms with Gasteiger partial charge < -0.3 is 10.1 Å². The molecule has 0 aliphatic rings. The second-order valence-electron chi connectivity index (χ2n) is 5.52. The van der Waals surface area contributed by atoms with E-state index in [9.17, 15) is 14.4 Å². The summed E-state index contributed by atoms with van der Waals surface area (Å²) in [7, 11) is 1.26. The van der Waals surface area contributed by atoms with Gasteiger partial charge in [0.2, 0.25) is 5.78 Å². The lowest BCUT2D eigenvalue weighted by Crippen LogP contribution is -2.35. The van der Waals surface area contributed by atoms with Crippen molar-refractivity contribution in [3.05, 3.63) is 70.2 Å². The van der Waals surface area contributed by atoms with Gasteiger partial charge in [0.25, 0.3) is 5.91 Å². The molecular weight excluding hydrogens is 342 g/mol. The maximum Gasteiger partial charge on any atom is 0.307 e. The first-order valence-electron chi connectivity index (χ1n) is 7.65. The van der Waals surface area contributed by atoms with Crippen LogP contribution in [0, 0.1) is 6.92 Å². The molecule has 0 aliphatic carbocycles.